The van der Waals surface area contributed by atoms with Crippen molar-refractivity contribution in [2.45, 2.75) is 71.9 Å². The number of aliphatic hydroxyl groups excluding tert-OH is 1. The monoisotopic (exact) mass is 972 g/mol. The standard InChI is InChI=1S/C59H58F2N4O7/c1-7-10-44(64-55(67)40-13-8-12-37(29-40)38-21-27-48-46(30-38)51(57(69)62-5)53(71-48)35-17-23-42(60)24-18-35)14-9-11-34-15-16-41(56(68)65-50(33-66)59(2,3)4)32-45(34)39-22-28-49-47(31-39)52(58(70)63-6)54(72-49)36-19-25-43(61)26-20-36/h8,12-13,15-32,44,50,66H,7,9-11,14,33H2,1-6H3,(H,62,69)(H,63,70)(H,64,67)(H,65,68). The highest BCUT2D eigenvalue weighted by molar-refractivity contribution is 6.13. The van der Waals surface area contributed by atoms with Crippen molar-refractivity contribution in [1.29, 1.82) is 0 Å². The summed E-state index contributed by atoms with van der Waals surface area (Å²) in [7, 11) is 3.07. The highest BCUT2D eigenvalue weighted by Crippen LogP contribution is 2.39. The number of hydrogen-bond acceptors (Lipinski definition) is 7. The number of aliphatic hydroxyl groups is 1. The lowest BCUT2D eigenvalue weighted by Crippen LogP contribution is -2.46. The van der Waals surface area contributed by atoms with Gasteiger partial charge in [-0.3, -0.25) is 19.2 Å². The Morgan fingerprint density at radius 3 is 1.64 bits per heavy atom. The van der Waals surface area contributed by atoms with Gasteiger partial charge in [0.15, 0.2) is 0 Å². The Morgan fingerprint density at radius 1 is 0.583 bits per heavy atom. The number of carbonyl (C=O) groups is 4. The Kier molecular flexibility index (Phi) is 15.2. The number of rotatable bonds is 17. The van der Waals surface area contributed by atoms with Crippen LogP contribution >= 0.6 is 0 Å². The molecule has 0 aliphatic heterocycles. The third-order valence-corrected chi connectivity index (χ3v) is 13.1. The van der Waals surface area contributed by atoms with Gasteiger partial charge in [0.25, 0.3) is 23.6 Å². The number of nitrogens with one attached hydrogen (secondary N) is 4. The van der Waals surface area contributed by atoms with Crippen molar-refractivity contribution in [3.8, 4) is 44.9 Å². The topological polar surface area (TPSA) is 163 Å². The van der Waals surface area contributed by atoms with Gasteiger partial charge >= 0.3 is 0 Å². The van der Waals surface area contributed by atoms with Gasteiger partial charge in [-0.25, -0.2) is 8.78 Å². The quantitative estimate of drug-likeness (QED) is 0.0606. The molecule has 0 saturated heterocycles. The van der Waals surface area contributed by atoms with Crippen LogP contribution in [0.4, 0.5) is 8.78 Å². The van der Waals surface area contributed by atoms with Crippen molar-refractivity contribution in [1.82, 2.24) is 21.3 Å². The molecule has 8 rings (SSSR count). The summed E-state index contributed by atoms with van der Waals surface area (Å²) < 4.78 is 40.1. The third kappa shape index (κ3) is 10.9. The Hall–Kier alpha value is -7.90. The summed E-state index contributed by atoms with van der Waals surface area (Å²) in [6.07, 6.45) is 3.50. The molecule has 8 aromatic rings. The second-order valence-electron chi connectivity index (χ2n) is 19.1. The molecule has 2 heterocycles. The average Bonchev–Trinajstić information content (AvgIpc) is 3.96. The molecule has 2 atom stereocenters. The second-order valence-corrected chi connectivity index (χ2v) is 19.1. The van der Waals surface area contributed by atoms with E-state index in [0.717, 1.165) is 40.7 Å². The molecule has 2 unspecified atom stereocenters. The predicted octanol–water partition coefficient (Wildman–Crippen LogP) is 11.9. The normalized spacial score (nSPS) is 12.4. The van der Waals surface area contributed by atoms with Crippen LogP contribution in [0.25, 0.3) is 66.8 Å². The summed E-state index contributed by atoms with van der Waals surface area (Å²) in [5, 5.41) is 23.0. The number of carbonyl (C=O) groups excluding carboxylic acids is 4. The van der Waals surface area contributed by atoms with Crippen molar-refractivity contribution in [3.05, 3.63) is 167 Å². The van der Waals surface area contributed by atoms with Crippen LogP contribution in [0.1, 0.15) is 100 Å². The summed E-state index contributed by atoms with van der Waals surface area (Å²) in [4.78, 5) is 54.6. The maximum atomic E-state index is 14.0. The van der Waals surface area contributed by atoms with Gasteiger partial charge in [0.05, 0.1) is 23.8 Å². The second kappa shape index (κ2) is 21.6. The molecular weight excluding hydrogens is 915 g/mol. The molecule has 0 saturated carbocycles. The third-order valence-electron chi connectivity index (χ3n) is 13.1. The lowest BCUT2D eigenvalue weighted by molar-refractivity contribution is 0.0847. The van der Waals surface area contributed by atoms with E-state index in [1.165, 1.54) is 38.4 Å². The van der Waals surface area contributed by atoms with Gasteiger partial charge in [-0.2, -0.15) is 0 Å². The minimum atomic E-state index is -0.498. The Labute approximate surface area is 417 Å². The average molecular weight is 973 g/mol. The fourth-order valence-corrected chi connectivity index (χ4v) is 9.12. The van der Waals surface area contributed by atoms with Crippen LogP contribution < -0.4 is 21.3 Å². The van der Waals surface area contributed by atoms with Gasteiger partial charge in [-0.15, -0.1) is 0 Å². The molecule has 72 heavy (non-hydrogen) atoms. The summed E-state index contributed by atoms with van der Waals surface area (Å²) >= 11 is 0. The molecule has 2 aromatic heterocycles. The number of halogens is 2. The molecule has 0 spiro atoms. The number of benzene rings is 6. The van der Waals surface area contributed by atoms with Crippen molar-refractivity contribution in [2.24, 2.45) is 5.41 Å². The number of amides is 4. The number of fused-ring (bicyclic) bond motifs is 2. The van der Waals surface area contributed by atoms with Crippen LogP contribution in [-0.4, -0.2) is 61.5 Å². The largest absolute Gasteiger partial charge is 0.455 e. The lowest BCUT2D eigenvalue weighted by Gasteiger charge is -2.30. The molecule has 370 valence electrons. The molecule has 0 fully saturated rings. The first kappa shape index (κ1) is 50.5. The zero-order chi connectivity index (χ0) is 51.3. The Morgan fingerprint density at radius 2 is 1.10 bits per heavy atom. The van der Waals surface area contributed by atoms with Gasteiger partial charge in [0.1, 0.15) is 34.3 Å². The molecule has 0 radical (unpaired) electrons. The zero-order valence-electron chi connectivity index (χ0n) is 41.2. The smallest absolute Gasteiger partial charge is 0.255 e. The molecule has 0 aliphatic rings. The molecule has 0 aliphatic carbocycles. The van der Waals surface area contributed by atoms with Crippen LogP contribution in [0.3, 0.4) is 0 Å². The molecule has 5 N–H and O–H groups in total. The molecule has 6 aromatic carbocycles. The molecule has 0 bridgehead atoms. The van der Waals surface area contributed by atoms with Gasteiger partial charge in [-0.05, 0) is 156 Å². The SMILES string of the molecule is CCCC(CCCc1ccc(C(=O)NC(CO)C(C)(C)C)cc1-c1ccc2oc(-c3ccc(F)cc3)c(C(=O)NC)c2c1)NC(=O)c1cccc(-c2ccc3oc(-c4ccc(F)cc4)c(C(=O)NC)c3c2)c1. The van der Waals surface area contributed by atoms with Crippen molar-refractivity contribution < 1.29 is 41.9 Å². The first-order valence-electron chi connectivity index (χ1n) is 24.2. The number of furan rings is 2. The first-order valence-corrected chi connectivity index (χ1v) is 24.2. The Balaban J connectivity index is 1.05. The summed E-state index contributed by atoms with van der Waals surface area (Å²) in [5.74, 6) is -1.49. The minimum Gasteiger partial charge on any atom is -0.455 e. The van der Waals surface area contributed by atoms with Crippen LogP contribution in [0.2, 0.25) is 0 Å². The molecule has 4 amide bonds. The van der Waals surface area contributed by atoms with E-state index in [9.17, 15) is 33.1 Å². The minimum absolute atomic E-state index is 0.156. The van der Waals surface area contributed by atoms with Gasteiger partial charge in [0, 0.05) is 53.2 Å². The molecular formula is C59H58F2N4O7. The summed E-state index contributed by atoms with van der Waals surface area (Å²) in [5.41, 5.74) is 7.10. The van der Waals surface area contributed by atoms with E-state index in [4.69, 9.17) is 8.83 Å². The Bertz CT molecular complexity index is 3300. The maximum absolute atomic E-state index is 14.0. The van der Waals surface area contributed by atoms with Crippen molar-refractivity contribution in [2.75, 3.05) is 20.7 Å². The van der Waals surface area contributed by atoms with E-state index in [-0.39, 0.29) is 36.3 Å². The first-order chi connectivity index (χ1) is 34.6. The zero-order valence-corrected chi connectivity index (χ0v) is 41.2. The maximum Gasteiger partial charge on any atom is 0.255 e. The molecule has 13 heteroatoms. The lowest BCUT2D eigenvalue weighted by atomic mass is 9.87. The van der Waals surface area contributed by atoms with Crippen molar-refractivity contribution >= 4 is 45.6 Å². The summed E-state index contributed by atoms with van der Waals surface area (Å²) in [6.45, 7) is 7.68. The van der Waals surface area contributed by atoms with Gasteiger partial charge < -0.3 is 35.2 Å². The number of aryl methyl sites for hydroxylation is 1. The number of hydrogen-bond donors (Lipinski definition) is 5. The van der Waals surface area contributed by atoms with Gasteiger partial charge in [-0.1, -0.05) is 64.4 Å². The highest BCUT2D eigenvalue weighted by Gasteiger charge is 2.28. The highest BCUT2D eigenvalue weighted by atomic mass is 19.1. The van der Waals surface area contributed by atoms with Crippen LogP contribution in [0, 0.1) is 17.0 Å². The van der Waals surface area contributed by atoms with Crippen molar-refractivity contribution in [3.63, 3.8) is 0 Å². The van der Waals surface area contributed by atoms with Crippen LogP contribution in [0.15, 0.2) is 136 Å². The van der Waals surface area contributed by atoms with E-state index in [1.807, 2.05) is 75.4 Å². The fourth-order valence-electron chi connectivity index (χ4n) is 9.12. The summed E-state index contributed by atoms with van der Waals surface area (Å²) in [6, 6.07) is 34.8. The van der Waals surface area contributed by atoms with E-state index in [2.05, 4.69) is 28.2 Å². The van der Waals surface area contributed by atoms with E-state index >= 15 is 0 Å². The van der Waals surface area contributed by atoms with Crippen LogP contribution in [-0.2, 0) is 6.42 Å². The molecule has 11 nitrogen and oxygen atoms in total. The van der Waals surface area contributed by atoms with Crippen LogP contribution in [0.5, 0.6) is 0 Å². The van der Waals surface area contributed by atoms with E-state index in [1.54, 1.807) is 48.5 Å². The predicted molar refractivity (Wildman–Crippen MR) is 278 cm³/mol. The van der Waals surface area contributed by atoms with E-state index in [0.29, 0.717) is 86.1 Å². The fraction of sp³-hybridized carbons (Fsp3) is 0.254. The van der Waals surface area contributed by atoms with Gasteiger partial charge in [0.2, 0.25) is 0 Å². The van der Waals surface area contributed by atoms with E-state index < -0.39 is 23.1 Å².